The Morgan fingerprint density at radius 3 is 2.57 bits per heavy atom. The van der Waals surface area contributed by atoms with Gasteiger partial charge in [-0.3, -0.25) is 0 Å². The highest BCUT2D eigenvalue weighted by atomic mass is 32.2. The van der Waals surface area contributed by atoms with Gasteiger partial charge in [0.1, 0.15) is 16.4 Å². The average Bonchev–Trinajstić information content (AvgIpc) is 3.02. The fourth-order valence-corrected chi connectivity index (χ4v) is 4.73. The van der Waals surface area contributed by atoms with Crippen LogP contribution in [0.15, 0.2) is 9.31 Å². The fraction of sp³-hybridized carbons (Fsp3) is 0.714. The molecule has 6 nitrogen and oxygen atoms in total. The van der Waals surface area contributed by atoms with Crippen LogP contribution in [0.3, 0.4) is 0 Å². The zero-order valence-electron chi connectivity index (χ0n) is 12.9. The lowest BCUT2D eigenvalue weighted by molar-refractivity contribution is 0.0946. The summed E-state index contributed by atoms with van der Waals surface area (Å²) in [5.74, 6) is 0.973. The number of likely N-dealkylation sites (N-methyl/N-ethyl adjacent to an activating group) is 1. The normalized spacial score (nSPS) is 19.6. The van der Waals surface area contributed by atoms with Crippen molar-refractivity contribution in [1.29, 1.82) is 0 Å². The second-order valence-corrected chi connectivity index (χ2v) is 7.19. The molecule has 1 aromatic heterocycles. The van der Waals surface area contributed by atoms with Gasteiger partial charge in [0, 0.05) is 31.8 Å². The summed E-state index contributed by atoms with van der Waals surface area (Å²) < 4.78 is 38.3. The molecule has 1 fully saturated rings. The molecule has 2 heterocycles. The second-order valence-electron chi connectivity index (χ2n) is 5.32. The molecule has 120 valence electrons. The van der Waals surface area contributed by atoms with Crippen LogP contribution in [-0.2, 0) is 21.3 Å². The lowest BCUT2D eigenvalue weighted by atomic mass is 10.2. The smallest absolute Gasteiger partial charge is 0.246 e. The van der Waals surface area contributed by atoms with Gasteiger partial charge >= 0.3 is 0 Å². The summed E-state index contributed by atoms with van der Waals surface area (Å²) in [4.78, 5) is 0.224. The summed E-state index contributed by atoms with van der Waals surface area (Å²) in [5.41, 5.74) is 6.27. The third-order valence-electron chi connectivity index (χ3n) is 3.91. The first kappa shape index (κ1) is 16.5. The first-order valence-corrected chi connectivity index (χ1v) is 8.76. The van der Waals surface area contributed by atoms with Crippen LogP contribution in [0, 0.1) is 13.8 Å². The van der Waals surface area contributed by atoms with E-state index in [9.17, 15) is 8.42 Å². The zero-order valence-corrected chi connectivity index (χ0v) is 13.7. The number of sulfonamides is 1. The maximum absolute atomic E-state index is 12.9. The molecule has 0 spiro atoms. The van der Waals surface area contributed by atoms with Crippen molar-refractivity contribution < 1.29 is 17.6 Å². The van der Waals surface area contributed by atoms with Crippen LogP contribution >= 0.6 is 0 Å². The van der Waals surface area contributed by atoms with Crippen molar-refractivity contribution in [2.24, 2.45) is 5.73 Å². The minimum absolute atomic E-state index is 0.0191. The molecule has 0 bridgehead atoms. The van der Waals surface area contributed by atoms with E-state index in [1.807, 2.05) is 6.92 Å². The third-order valence-corrected chi connectivity index (χ3v) is 6.05. The fourth-order valence-electron chi connectivity index (χ4n) is 2.83. The molecule has 0 aromatic carbocycles. The number of rotatable bonds is 6. The van der Waals surface area contributed by atoms with Crippen molar-refractivity contribution in [3.63, 3.8) is 0 Å². The molecule has 0 radical (unpaired) electrons. The predicted octanol–water partition coefficient (Wildman–Crippen LogP) is 1.54. The molecule has 21 heavy (non-hydrogen) atoms. The Hall–Kier alpha value is -0.890. The van der Waals surface area contributed by atoms with E-state index >= 15 is 0 Å². The van der Waals surface area contributed by atoms with Gasteiger partial charge in [0.15, 0.2) is 0 Å². The van der Waals surface area contributed by atoms with Crippen molar-refractivity contribution in [3.8, 4) is 0 Å². The van der Waals surface area contributed by atoms with Gasteiger partial charge in [0.25, 0.3) is 0 Å². The van der Waals surface area contributed by atoms with E-state index < -0.39 is 10.0 Å². The van der Waals surface area contributed by atoms with Crippen molar-refractivity contribution in [3.05, 3.63) is 17.1 Å². The predicted molar refractivity (Wildman–Crippen MR) is 79.5 cm³/mol. The second kappa shape index (κ2) is 6.48. The van der Waals surface area contributed by atoms with Gasteiger partial charge < -0.3 is 14.9 Å². The van der Waals surface area contributed by atoms with Crippen molar-refractivity contribution in [1.82, 2.24) is 4.31 Å². The average molecular weight is 316 g/mol. The van der Waals surface area contributed by atoms with Crippen molar-refractivity contribution >= 4 is 10.0 Å². The highest BCUT2D eigenvalue weighted by Crippen LogP contribution is 2.29. The number of aryl methyl sites for hydroxylation is 2. The summed E-state index contributed by atoms with van der Waals surface area (Å²) in [6, 6.07) is 0. The molecule has 2 N–H and O–H groups in total. The Morgan fingerprint density at radius 2 is 2.05 bits per heavy atom. The molecule has 1 aliphatic heterocycles. The molecule has 1 aromatic rings. The number of nitrogens with two attached hydrogens (primary N) is 1. The number of ether oxygens (including phenoxy) is 1. The molecular formula is C14H24N2O4S. The number of hydrogen-bond donors (Lipinski definition) is 1. The molecule has 0 saturated carbocycles. The van der Waals surface area contributed by atoms with E-state index in [-0.39, 0.29) is 17.5 Å². The molecule has 1 saturated heterocycles. The van der Waals surface area contributed by atoms with Crippen LogP contribution in [0.1, 0.15) is 36.8 Å². The molecule has 1 atom stereocenters. The largest absolute Gasteiger partial charge is 0.465 e. The monoisotopic (exact) mass is 316 g/mol. The molecule has 0 amide bonds. The Balaban J connectivity index is 2.34. The van der Waals surface area contributed by atoms with E-state index in [1.165, 1.54) is 4.31 Å². The van der Waals surface area contributed by atoms with Gasteiger partial charge in [0.05, 0.1) is 6.10 Å². The summed E-state index contributed by atoms with van der Waals surface area (Å²) in [7, 11) is -3.61. The van der Waals surface area contributed by atoms with E-state index in [1.54, 1.807) is 13.8 Å². The van der Waals surface area contributed by atoms with Crippen LogP contribution in [0.25, 0.3) is 0 Å². The lowest BCUT2D eigenvalue weighted by Gasteiger charge is -2.23. The quantitative estimate of drug-likeness (QED) is 0.860. The minimum Gasteiger partial charge on any atom is -0.465 e. The highest BCUT2D eigenvalue weighted by Gasteiger charge is 2.33. The summed E-state index contributed by atoms with van der Waals surface area (Å²) in [5, 5.41) is 0. The van der Waals surface area contributed by atoms with E-state index in [0.717, 1.165) is 12.8 Å². The number of furan rings is 1. The number of hydrogen-bond acceptors (Lipinski definition) is 5. The van der Waals surface area contributed by atoms with Gasteiger partial charge in [-0.25, -0.2) is 8.42 Å². The summed E-state index contributed by atoms with van der Waals surface area (Å²) in [6.07, 6.45) is 1.87. The summed E-state index contributed by atoms with van der Waals surface area (Å²) >= 11 is 0. The summed E-state index contributed by atoms with van der Waals surface area (Å²) in [6.45, 7) is 6.87. The topological polar surface area (TPSA) is 85.8 Å². The van der Waals surface area contributed by atoms with Crippen LogP contribution in [0.2, 0.25) is 0 Å². The Labute approximate surface area is 126 Å². The molecule has 1 unspecified atom stereocenters. The highest BCUT2D eigenvalue weighted by molar-refractivity contribution is 7.89. The molecule has 0 aliphatic carbocycles. The first-order chi connectivity index (χ1) is 9.91. The first-order valence-electron chi connectivity index (χ1n) is 7.32. The molecule has 2 rings (SSSR count). The van der Waals surface area contributed by atoms with Crippen LogP contribution < -0.4 is 5.73 Å². The SMILES string of the molecule is CCN(CC1CCCO1)S(=O)(=O)c1c(C)oc(C)c1CN. The van der Waals surface area contributed by atoms with Crippen LogP contribution in [-0.4, -0.2) is 38.5 Å². The maximum Gasteiger partial charge on any atom is 0.246 e. The Morgan fingerprint density at radius 1 is 1.33 bits per heavy atom. The van der Waals surface area contributed by atoms with E-state index in [2.05, 4.69) is 0 Å². The van der Waals surface area contributed by atoms with Crippen molar-refractivity contribution in [2.75, 3.05) is 19.7 Å². The zero-order chi connectivity index (χ0) is 15.6. The Bertz CT molecular complexity index is 588. The molecule has 7 heteroatoms. The Kier molecular flexibility index (Phi) is 5.08. The van der Waals surface area contributed by atoms with Crippen molar-refractivity contribution in [2.45, 2.75) is 51.2 Å². The van der Waals surface area contributed by atoms with Crippen LogP contribution in [0.5, 0.6) is 0 Å². The standard InChI is InChI=1S/C14H24N2O4S/c1-4-16(9-12-6-5-7-19-12)21(17,18)14-11(3)20-10(2)13(14)8-15/h12H,4-9,15H2,1-3H3. The van der Waals surface area contributed by atoms with E-state index in [4.69, 9.17) is 14.9 Å². The van der Waals surface area contributed by atoms with Gasteiger partial charge in [-0.15, -0.1) is 0 Å². The minimum atomic E-state index is -3.61. The lowest BCUT2D eigenvalue weighted by Crippen LogP contribution is -2.37. The van der Waals surface area contributed by atoms with Gasteiger partial charge in [-0.05, 0) is 26.7 Å². The van der Waals surface area contributed by atoms with E-state index in [0.29, 0.717) is 36.8 Å². The maximum atomic E-state index is 12.9. The van der Waals surface area contributed by atoms with Gasteiger partial charge in [0.2, 0.25) is 10.0 Å². The molecular weight excluding hydrogens is 292 g/mol. The third kappa shape index (κ3) is 3.15. The molecule has 1 aliphatic rings. The van der Waals surface area contributed by atoms with Crippen LogP contribution in [0.4, 0.5) is 0 Å². The van der Waals surface area contributed by atoms with Gasteiger partial charge in [-0.2, -0.15) is 4.31 Å². The number of nitrogens with zero attached hydrogens (tertiary/aromatic N) is 1. The van der Waals surface area contributed by atoms with Gasteiger partial charge in [-0.1, -0.05) is 6.92 Å².